The van der Waals surface area contributed by atoms with Gasteiger partial charge in [0.1, 0.15) is 0 Å². The number of rotatable bonds is 1. The fourth-order valence-corrected chi connectivity index (χ4v) is 3.38. The summed E-state index contributed by atoms with van der Waals surface area (Å²) in [6.07, 6.45) is 0. The third-order valence-corrected chi connectivity index (χ3v) is 2.25. The van der Waals surface area contributed by atoms with Crippen molar-refractivity contribution in [3.63, 3.8) is 0 Å². The van der Waals surface area contributed by atoms with Gasteiger partial charge in [0.15, 0.2) is 0 Å². The molecule has 0 aliphatic heterocycles. The van der Waals surface area contributed by atoms with Gasteiger partial charge in [-0.3, -0.25) is 0 Å². The first-order valence-corrected chi connectivity index (χ1v) is 7.00. The fourth-order valence-electron chi connectivity index (χ4n) is 1.12. The fraction of sp³-hybridized carbons (Fsp3) is 0.875. The molecule has 0 saturated heterocycles. The van der Waals surface area contributed by atoms with E-state index in [0.717, 1.165) is 0 Å². The molecular weight excluding hydrogens is 124 g/mol. The summed E-state index contributed by atoms with van der Waals surface area (Å²) in [5.74, 6) is 0. The summed E-state index contributed by atoms with van der Waals surface area (Å²) in [5, 5.41) is 0. The number of hydrogen-bond donors (Lipinski definition) is 0. The van der Waals surface area contributed by atoms with Gasteiger partial charge in [-0.25, -0.2) is 0 Å². The van der Waals surface area contributed by atoms with Crippen LogP contribution in [-0.2, 0) is 0 Å². The first kappa shape index (κ1) is 9.22. The van der Waals surface area contributed by atoms with Crippen LogP contribution < -0.4 is 0 Å². The summed E-state index contributed by atoms with van der Waals surface area (Å²) >= 11 is 0. The molecule has 0 rings (SSSR count). The molecule has 54 valence electrons. The van der Waals surface area contributed by atoms with Crippen LogP contribution in [-0.4, -0.2) is 8.07 Å². The summed E-state index contributed by atoms with van der Waals surface area (Å²) in [5.41, 5.74) is 0.296. The molecule has 0 N–H and O–H groups in total. The predicted octanol–water partition coefficient (Wildman–Crippen LogP) is 2.99. The molecule has 1 heteroatoms. The lowest BCUT2D eigenvalue weighted by Gasteiger charge is -2.25. The first-order valence-electron chi connectivity index (χ1n) is 3.50. The predicted molar refractivity (Wildman–Crippen MR) is 46.0 cm³/mol. The maximum absolute atomic E-state index is 3.60. The van der Waals surface area contributed by atoms with Crippen LogP contribution in [0.15, 0.2) is 0 Å². The largest absolute Gasteiger partial charge is 0.0691 e. The quantitative estimate of drug-likeness (QED) is 0.494. The molecule has 0 aromatic heterocycles. The molecule has 0 nitrogen and oxygen atoms in total. The van der Waals surface area contributed by atoms with E-state index in [4.69, 9.17) is 0 Å². The van der Waals surface area contributed by atoms with E-state index < -0.39 is 8.07 Å². The van der Waals surface area contributed by atoms with E-state index in [9.17, 15) is 0 Å². The van der Waals surface area contributed by atoms with Gasteiger partial charge in [0, 0.05) is 0 Å². The Bertz CT molecular complexity index is 69.7. The van der Waals surface area contributed by atoms with Gasteiger partial charge in [-0.15, -0.1) is 0 Å². The van der Waals surface area contributed by atoms with Crippen LogP contribution in [0.4, 0.5) is 0 Å². The molecule has 0 bridgehead atoms. The van der Waals surface area contributed by atoms with Gasteiger partial charge in [-0.05, 0) is 11.5 Å². The molecule has 0 saturated carbocycles. The Morgan fingerprint density at radius 1 is 1.00 bits per heavy atom. The highest BCUT2D eigenvalue weighted by Gasteiger charge is 2.22. The van der Waals surface area contributed by atoms with E-state index in [0.29, 0.717) is 5.41 Å². The maximum Gasteiger partial charge on any atom is 0.0519 e. The third kappa shape index (κ3) is 8.22. The highest BCUT2D eigenvalue weighted by atomic mass is 28.3. The zero-order valence-corrected chi connectivity index (χ0v) is 8.50. The maximum atomic E-state index is 3.60. The van der Waals surface area contributed by atoms with Gasteiger partial charge in [0.2, 0.25) is 0 Å². The van der Waals surface area contributed by atoms with Crippen molar-refractivity contribution < 1.29 is 0 Å². The minimum Gasteiger partial charge on any atom is -0.0691 e. The molecule has 0 spiro atoms. The topological polar surface area (TPSA) is 0 Å². The molecule has 2 radical (unpaired) electrons. The highest BCUT2D eigenvalue weighted by molar-refractivity contribution is 6.79. The zero-order valence-electron chi connectivity index (χ0n) is 7.50. The molecule has 9 heavy (non-hydrogen) atoms. The normalized spacial score (nSPS) is 14.0. The van der Waals surface area contributed by atoms with Crippen molar-refractivity contribution in [1.82, 2.24) is 0 Å². The van der Waals surface area contributed by atoms with Crippen LogP contribution in [0.3, 0.4) is 0 Å². The van der Waals surface area contributed by atoms with Crippen LogP contribution >= 0.6 is 0 Å². The van der Waals surface area contributed by atoms with Crippen molar-refractivity contribution in [2.45, 2.75) is 40.4 Å². The van der Waals surface area contributed by atoms with Crippen LogP contribution in [0.2, 0.25) is 19.6 Å². The molecule has 0 aromatic rings. The van der Waals surface area contributed by atoms with Gasteiger partial charge in [-0.1, -0.05) is 40.4 Å². The lowest BCUT2D eigenvalue weighted by atomic mass is 10.0. The molecule has 0 aliphatic rings. The van der Waals surface area contributed by atoms with Crippen molar-refractivity contribution in [3.05, 3.63) is 6.04 Å². The smallest absolute Gasteiger partial charge is 0.0519 e. The van der Waals surface area contributed by atoms with Crippen LogP contribution in [0, 0.1) is 11.5 Å². The van der Waals surface area contributed by atoms with Gasteiger partial charge in [-0.2, -0.15) is 0 Å². The molecular formula is C8H18Si. The Labute approximate surface area is 60.7 Å². The Morgan fingerprint density at radius 3 is 1.33 bits per heavy atom. The summed E-state index contributed by atoms with van der Waals surface area (Å²) in [6, 6.07) is 3.60. The second kappa shape index (κ2) is 2.45. The monoisotopic (exact) mass is 142 g/mol. The Hall–Kier alpha value is 0.217. The standard InChI is InChI=1S/C8H18Si/c1-8(2,3)7-9(4,5)6/h1-6H3. The Morgan fingerprint density at radius 2 is 1.33 bits per heavy atom. The van der Waals surface area contributed by atoms with Gasteiger partial charge < -0.3 is 0 Å². The van der Waals surface area contributed by atoms with Crippen molar-refractivity contribution in [2.24, 2.45) is 5.41 Å². The Balaban J connectivity index is 3.75. The van der Waals surface area contributed by atoms with Crippen LogP contribution in [0.5, 0.6) is 0 Å². The Kier molecular flexibility index (Phi) is 2.51. The zero-order chi connectivity index (χ0) is 7.71. The van der Waals surface area contributed by atoms with Crippen molar-refractivity contribution in [1.29, 1.82) is 0 Å². The molecule has 0 fully saturated rings. The van der Waals surface area contributed by atoms with Gasteiger partial charge in [0.25, 0.3) is 0 Å². The summed E-state index contributed by atoms with van der Waals surface area (Å²) in [4.78, 5) is 0. The molecule has 0 heterocycles. The average Bonchev–Trinajstić information content (AvgIpc) is 1.14. The SMILES string of the molecule is CC(C)(C)[C][Si](C)(C)C. The minimum absolute atomic E-state index is 0.296. The van der Waals surface area contributed by atoms with Crippen molar-refractivity contribution in [2.75, 3.05) is 0 Å². The van der Waals surface area contributed by atoms with E-state index >= 15 is 0 Å². The molecule has 0 atom stereocenters. The lowest BCUT2D eigenvalue weighted by Crippen LogP contribution is -2.28. The van der Waals surface area contributed by atoms with Gasteiger partial charge in [0.05, 0.1) is 8.07 Å². The average molecular weight is 142 g/mol. The summed E-state index contributed by atoms with van der Waals surface area (Å²) < 4.78 is 0. The molecule has 0 unspecified atom stereocenters. The van der Waals surface area contributed by atoms with E-state index in [-0.39, 0.29) is 0 Å². The van der Waals surface area contributed by atoms with E-state index in [1.165, 1.54) is 0 Å². The number of hydrogen-bond acceptors (Lipinski definition) is 0. The highest BCUT2D eigenvalue weighted by Crippen LogP contribution is 2.24. The van der Waals surface area contributed by atoms with Crippen molar-refractivity contribution in [3.8, 4) is 0 Å². The van der Waals surface area contributed by atoms with Gasteiger partial charge >= 0.3 is 0 Å². The van der Waals surface area contributed by atoms with E-state index in [1.54, 1.807) is 0 Å². The summed E-state index contributed by atoms with van der Waals surface area (Å²) in [7, 11) is -1.04. The second-order valence-corrected chi connectivity index (χ2v) is 9.38. The molecule has 0 aromatic carbocycles. The van der Waals surface area contributed by atoms with E-state index in [1.807, 2.05) is 0 Å². The van der Waals surface area contributed by atoms with E-state index in [2.05, 4.69) is 46.5 Å². The van der Waals surface area contributed by atoms with Crippen LogP contribution in [0.1, 0.15) is 20.8 Å². The summed E-state index contributed by atoms with van der Waals surface area (Å²) in [6.45, 7) is 13.6. The molecule has 0 aliphatic carbocycles. The first-order chi connectivity index (χ1) is 3.71. The van der Waals surface area contributed by atoms with Crippen molar-refractivity contribution >= 4 is 8.07 Å². The third-order valence-electron chi connectivity index (χ3n) is 0.750. The second-order valence-electron chi connectivity index (χ2n) is 4.62. The minimum atomic E-state index is -1.04. The van der Waals surface area contributed by atoms with Crippen LogP contribution in [0.25, 0.3) is 0 Å². The molecule has 0 amide bonds. The lowest BCUT2D eigenvalue weighted by molar-refractivity contribution is 0.519.